The summed E-state index contributed by atoms with van der Waals surface area (Å²) < 4.78 is 7.37. The van der Waals surface area contributed by atoms with Crippen LogP contribution in [-0.2, 0) is 17.9 Å². The molecule has 1 aliphatic heterocycles. The zero-order chi connectivity index (χ0) is 23.2. The van der Waals surface area contributed by atoms with Gasteiger partial charge in [-0.05, 0) is 55.7 Å². The molecule has 1 atom stereocenters. The lowest BCUT2D eigenvalue weighted by Gasteiger charge is -2.44. The Bertz CT molecular complexity index is 1210. The third-order valence-corrected chi connectivity index (χ3v) is 7.32. The Morgan fingerprint density at radius 3 is 2.58 bits per heavy atom. The fraction of sp³-hybridized carbons (Fsp3) is 0.385. The van der Waals surface area contributed by atoms with Crippen LogP contribution in [0.15, 0.2) is 48.5 Å². The van der Waals surface area contributed by atoms with Crippen molar-refractivity contribution >= 4 is 34.3 Å². The Kier molecular flexibility index (Phi) is 5.57. The second-order valence-corrected chi connectivity index (χ2v) is 9.72. The number of nitrogens with one attached hydrogen (secondary N) is 1. The van der Waals surface area contributed by atoms with E-state index < -0.39 is 5.54 Å². The number of fused-ring (bicyclic) bond motifs is 3. The van der Waals surface area contributed by atoms with Gasteiger partial charge < -0.3 is 19.5 Å². The predicted molar refractivity (Wildman–Crippen MR) is 129 cm³/mol. The number of carbonyl (C=O) groups is 2. The molecule has 0 unspecified atom stereocenters. The topological polar surface area (TPSA) is 63.6 Å². The smallest absolute Gasteiger partial charge is 0.271 e. The highest BCUT2D eigenvalue weighted by Gasteiger charge is 2.48. The fourth-order valence-corrected chi connectivity index (χ4v) is 5.21. The van der Waals surface area contributed by atoms with Crippen molar-refractivity contribution in [2.75, 3.05) is 7.11 Å². The summed E-state index contributed by atoms with van der Waals surface area (Å²) in [5.74, 6) is 0.458. The number of hydrogen-bond acceptors (Lipinski definition) is 3. The van der Waals surface area contributed by atoms with Crippen LogP contribution in [0, 0.1) is 0 Å². The molecule has 6 nitrogen and oxygen atoms in total. The zero-order valence-corrected chi connectivity index (χ0v) is 19.7. The molecular formula is C26H28ClN3O3. The summed E-state index contributed by atoms with van der Waals surface area (Å²) in [7, 11) is 1.62. The largest absolute Gasteiger partial charge is 0.497 e. The molecule has 5 rings (SSSR count). The molecule has 0 radical (unpaired) electrons. The van der Waals surface area contributed by atoms with Crippen molar-refractivity contribution in [3.05, 3.63) is 64.8 Å². The molecule has 2 amide bonds. The highest BCUT2D eigenvalue weighted by atomic mass is 35.5. The first-order chi connectivity index (χ1) is 15.9. The van der Waals surface area contributed by atoms with Gasteiger partial charge in [0.1, 0.15) is 17.0 Å². The molecule has 33 heavy (non-hydrogen) atoms. The first-order valence-corrected chi connectivity index (χ1v) is 11.8. The first kappa shape index (κ1) is 21.8. The number of methoxy groups -OCH3 is 1. The summed E-state index contributed by atoms with van der Waals surface area (Å²) in [4.78, 5) is 29.3. The third-order valence-electron chi connectivity index (χ3n) is 7.07. The van der Waals surface area contributed by atoms with Crippen molar-refractivity contribution in [2.24, 2.45) is 0 Å². The Hall–Kier alpha value is -2.99. The summed E-state index contributed by atoms with van der Waals surface area (Å²) in [5.41, 5.74) is 1.36. The van der Waals surface area contributed by atoms with Gasteiger partial charge >= 0.3 is 0 Å². The number of halogens is 1. The number of benzene rings is 2. The molecule has 2 aliphatic rings. The lowest BCUT2D eigenvalue weighted by Crippen LogP contribution is -2.64. The monoisotopic (exact) mass is 465 g/mol. The van der Waals surface area contributed by atoms with Crippen LogP contribution in [0.1, 0.15) is 48.7 Å². The molecule has 0 saturated heterocycles. The molecule has 1 aromatic heterocycles. The molecule has 2 heterocycles. The fourth-order valence-electron chi connectivity index (χ4n) is 5.09. The molecule has 1 saturated carbocycles. The minimum Gasteiger partial charge on any atom is -0.497 e. The second kappa shape index (κ2) is 8.41. The van der Waals surface area contributed by atoms with E-state index in [1.807, 2.05) is 60.0 Å². The van der Waals surface area contributed by atoms with E-state index in [1.165, 1.54) is 0 Å². The van der Waals surface area contributed by atoms with Crippen molar-refractivity contribution in [2.45, 2.75) is 57.3 Å². The summed E-state index contributed by atoms with van der Waals surface area (Å²) >= 11 is 6.06. The van der Waals surface area contributed by atoms with Gasteiger partial charge in [0.05, 0.1) is 19.2 Å². The SMILES string of the molecule is COc1ccc2cc3n(c2c1)C[C@](C)(C(=O)NC1CCCC1)N(Cc1ccc(Cl)cc1)C3=O. The average molecular weight is 466 g/mol. The van der Waals surface area contributed by atoms with Crippen LogP contribution in [0.4, 0.5) is 0 Å². The van der Waals surface area contributed by atoms with Gasteiger partial charge in [0.15, 0.2) is 0 Å². The maximum atomic E-state index is 13.8. The van der Waals surface area contributed by atoms with Gasteiger partial charge in [0, 0.05) is 29.1 Å². The van der Waals surface area contributed by atoms with Crippen molar-refractivity contribution in [3.63, 3.8) is 0 Å². The highest BCUT2D eigenvalue weighted by molar-refractivity contribution is 6.30. The number of nitrogens with zero attached hydrogens (tertiary/aromatic N) is 2. The summed E-state index contributed by atoms with van der Waals surface area (Å²) in [6.07, 6.45) is 4.23. The summed E-state index contributed by atoms with van der Waals surface area (Å²) in [6.45, 7) is 2.58. The summed E-state index contributed by atoms with van der Waals surface area (Å²) in [5, 5.41) is 4.82. The van der Waals surface area contributed by atoms with Crippen LogP contribution in [0.3, 0.4) is 0 Å². The molecule has 3 aromatic rings. The van der Waals surface area contributed by atoms with Gasteiger partial charge in [-0.15, -0.1) is 0 Å². The maximum absolute atomic E-state index is 13.8. The van der Waals surface area contributed by atoms with Crippen LogP contribution in [0.25, 0.3) is 10.9 Å². The Labute approximate surface area is 198 Å². The van der Waals surface area contributed by atoms with E-state index in [2.05, 4.69) is 5.32 Å². The molecular weight excluding hydrogens is 438 g/mol. The van der Waals surface area contributed by atoms with Gasteiger partial charge in [-0.2, -0.15) is 0 Å². The molecule has 172 valence electrons. The third kappa shape index (κ3) is 3.86. The normalized spacial score (nSPS) is 20.8. The van der Waals surface area contributed by atoms with Crippen LogP contribution in [0.2, 0.25) is 5.02 Å². The number of amides is 2. The van der Waals surface area contributed by atoms with Gasteiger partial charge in [-0.1, -0.05) is 36.6 Å². The van der Waals surface area contributed by atoms with Crippen LogP contribution < -0.4 is 10.1 Å². The summed E-state index contributed by atoms with van der Waals surface area (Å²) in [6, 6.07) is 15.3. The maximum Gasteiger partial charge on any atom is 0.271 e. The standard InChI is InChI=1S/C26H28ClN3O3/c1-26(25(32)28-20-5-3-4-6-20)16-29-22-14-21(33-2)12-9-18(22)13-23(29)24(31)30(26)15-17-7-10-19(27)11-8-17/h7-14,20H,3-6,15-16H2,1-2H3,(H,28,32)/t26-/m1/s1. The number of carbonyl (C=O) groups excluding carboxylic acids is 2. The van der Waals surface area contributed by atoms with E-state index in [1.54, 1.807) is 12.0 Å². The van der Waals surface area contributed by atoms with Gasteiger partial charge in [0.2, 0.25) is 5.91 Å². The van der Waals surface area contributed by atoms with E-state index in [0.29, 0.717) is 23.8 Å². The quantitative estimate of drug-likeness (QED) is 0.590. The number of aromatic nitrogens is 1. The van der Waals surface area contributed by atoms with E-state index in [-0.39, 0.29) is 17.9 Å². The van der Waals surface area contributed by atoms with Crippen LogP contribution in [0.5, 0.6) is 5.75 Å². The second-order valence-electron chi connectivity index (χ2n) is 9.29. The molecule has 2 aromatic carbocycles. The molecule has 1 fully saturated rings. The Morgan fingerprint density at radius 1 is 1.15 bits per heavy atom. The minimum atomic E-state index is -1.04. The van der Waals surface area contributed by atoms with E-state index in [0.717, 1.165) is 47.9 Å². The Morgan fingerprint density at radius 2 is 1.88 bits per heavy atom. The number of rotatable bonds is 5. The minimum absolute atomic E-state index is 0.105. The van der Waals surface area contributed by atoms with Gasteiger partial charge in [-0.3, -0.25) is 9.59 Å². The molecule has 1 N–H and O–H groups in total. The van der Waals surface area contributed by atoms with Gasteiger partial charge in [-0.25, -0.2) is 0 Å². The van der Waals surface area contributed by atoms with Crippen molar-refractivity contribution < 1.29 is 14.3 Å². The lowest BCUT2D eigenvalue weighted by molar-refractivity contribution is -0.133. The molecule has 7 heteroatoms. The zero-order valence-electron chi connectivity index (χ0n) is 18.9. The van der Waals surface area contributed by atoms with E-state index >= 15 is 0 Å². The average Bonchev–Trinajstić information content (AvgIpc) is 3.45. The van der Waals surface area contributed by atoms with E-state index in [9.17, 15) is 9.59 Å². The first-order valence-electron chi connectivity index (χ1n) is 11.4. The number of ether oxygens (including phenoxy) is 1. The highest BCUT2D eigenvalue weighted by Crippen LogP contribution is 2.35. The molecule has 1 aliphatic carbocycles. The van der Waals surface area contributed by atoms with Gasteiger partial charge in [0.25, 0.3) is 5.91 Å². The molecule has 0 bridgehead atoms. The van der Waals surface area contributed by atoms with Crippen molar-refractivity contribution in [1.82, 2.24) is 14.8 Å². The van der Waals surface area contributed by atoms with E-state index in [4.69, 9.17) is 16.3 Å². The number of hydrogen-bond donors (Lipinski definition) is 1. The lowest BCUT2D eigenvalue weighted by atomic mass is 9.93. The Balaban J connectivity index is 1.58. The predicted octanol–water partition coefficient (Wildman–Crippen LogP) is 4.78. The van der Waals surface area contributed by atoms with Crippen LogP contribution >= 0.6 is 11.6 Å². The van der Waals surface area contributed by atoms with Crippen molar-refractivity contribution in [1.29, 1.82) is 0 Å². The molecule has 0 spiro atoms. The van der Waals surface area contributed by atoms with Crippen LogP contribution in [-0.4, -0.2) is 40.0 Å². The van der Waals surface area contributed by atoms with Crippen molar-refractivity contribution in [3.8, 4) is 5.75 Å².